The van der Waals surface area contributed by atoms with E-state index in [1.165, 1.54) is 5.56 Å². The Hall–Kier alpha value is -2.62. The minimum absolute atomic E-state index is 0.0853. The molecule has 0 spiro atoms. The number of ether oxygens (including phenoxy) is 1. The Balaban J connectivity index is 1.88. The van der Waals surface area contributed by atoms with Gasteiger partial charge >= 0.3 is 0 Å². The maximum atomic E-state index is 11.8. The number of rotatable bonds is 5. The van der Waals surface area contributed by atoms with Crippen molar-refractivity contribution in [2.75, 3.05) is 0 Å². The van der Waals surface area contributed by atoms with Crippen LogP contribution in [0.2, 0.25) is 0 Å². The van der Waals surface area contributed by atoms with Crippen LogP contribution in [0.5, 0.6) is 0 Å². The van der Waals surface area contributed by atoms with E-state index in [0.717, 1.165) is 11.1 Å². The lowest BCUT2D eigenvalue weighted by Crippen LogP contribution is -2.37. The maximum absolute atomic E-state index is 11.8. The molecule has 1 aliphatic rings. The van der Waals surface area contributed by atoms with Crippen molar-refractivity contribution in [3.63, 3.8) is 0 Å². The third kappa shape index (κ3) is 3.32. The molecule has 24 heavy (non-hydrogen) atoms. The second-order valence-electron chi connectivity index (χ2n) is 6.34. The summed E-state index contributed by atoms with van der Waals surface area (Å²) in [4.78, 5) is 17.5. The third-order valence-corrected chi connectivity index (χ3v) is 4.23. The van der Waals surface area contributed by atoms with E-state index >= 15 is 0 Å². The Morgan fingerprint density at radius 1 is 1.12 bits per heavy atom. The van der Waals surface area contributed by atoms with Crippen molar-refractivity contribution < 1.29 is 14.4 Å². The van der Waals surface area contributed by atoms with Crippen molar-refractivity contribution in [3.8, 4) is 0 Å². The van der Waals surface area contributed by atoms with Crippen LogP contribution >= 0.6 is 0 Å². The molecule has 2 unspecified atom stereocenters. The van der Waals surface area contributed by atoms with Crippen LogP contribution in [0, 0.1) is 6.92 Å². The minimum Gasteiger partial charge on any atom is -0.430 e. The van der Waals surface area contributed by atoms with Gasteiger partial charge in [-0.2, -0.15) is 0 Å². The summed E-state index contributed by atoms with van der Waals surface area (Å²) in [5.41, 5.74) is 3.02. The number of oxime groups is 1. The molecule has 2 atom stereocenters. The first-order valence-corrected chi connectivity index (χ1v) is 8.04. The zero-order valence-electron chi connectivity index (χ0n) is 14.2. The van der Waals surface area contributed by atoms with E-state index in [0.29, 0.717) is 12.3 Å². The number of carbonyl (C=O) groups excluding carboxylic acids is 1. The van der Waals surface area contributed by atoms with Crippen molar-refractivity contribution in [1.29, 1.82) is 0 Å². The summed E-state index contributed by atoms with van der Waals surface area (Å²) < 4.78 is 6.06. The highest BCUT2D eigenvalue weighted by molar-refractivity contribution is 5.94. The number of benzene rings is 2. The molecule has 0 saturated heterocycles. The second-order valence-corrected chi connectivity index (χ2v) is 6.34. The molecule has 4 nitrogen and oxygen atoms in total. The van der Waals surface area contributed by atoms with E-state index < -0.39 is 5.79 Å². The van der Waals surface area contributed by atoms with E-state index in [-0.39, 0.29) is 11.7 Å². The minimum atomic E-state index is -1.01. The van der Waals surface area contributed by atoms with Crippen LogP contribution in [0.3, 0.4) is 0 Å². The van der Waals surface area contributed by atoms with Gasteiger partial charge in [-0.3, -0.25) is 0 Å². The van der Waals surface area contributed by atoms with Crippen molar-refractivity contribution in [2.45, 2.75) is 38.9 Å². The van der Waals surface area contributed by atoms with Gasteiger partial charge in [0.1, 0.15) is 5.78 Å². The topological polar surface area (TPSA) is 47.9 Å². The lowest BCUT2D eigenvalue weighted by atomic mass is 9.86. The number of hydrogen-bond donors (Lipinski definition) is 0. The quantitative estimate of drug-likeness (QED) is 0.829. The number of hydrogen-bond acceptors (Lipinski definition) is 4. The van der Waals surface area contributed by atoms with Gasteiger partial charge in [0.05, 0.1) is 5.92 Å². The number of aryl methyl sites for hydroxylation is 1. The summed E-state index contributed by atoms with van der Waals surface area (Å²) in [6, 6.07) is 17.7. The van der Waals surface area contributed by atoms with Gasteiger partial charge in [0, 0.05) is 18.9 Å². The molecular formula is C20H21NO3. The summed E-state index contributed by atoms with van der Waals surface area (Å²) in [5, 5.41) is 4.11. The van der Waals surface area contributed by atoms with Gasteiger partial charge in [0.15, 0.2) is 0 Å². The predicted molar refractivity (Wildman–Crippen MR) is 92.8 cm³/mol. The highest BCUT2D eigenvalue weighted by atomic mass is 16.8. The molecule has 0 amide bonds. The smallest absolute Gasteiger partial charge is 0.281 e. The van der Waals surface area contributed by atoms with Crippen LogP contribution in [-0.2, 0) is 14.4 Å². The van der Waals surface area contributed by atoms with Gasteiger partial charge in [-0.25, -0.2) is 0 Å². The highest BCUT2D eigenvalue weighted by Crippen LogP contribution is 2.39. The van der Waals surface area contributed by atoms with Crippen LogP contribution in [0.1, 0.15) is 42.9 Å². The van der Waals surface area contributed by atoms with Crippen LogP contribution < -0.4 is 0 Å². The second kappa shape index (κ2) is 6.48. The molecule has 2 aromatic rings. The SMILES string of the molecule is CC(=O)CC(c1ccc(C)cc1)C1(C)ON=C(c2ccccc2)O1. The molecule has 0 aromatic heterocycles. The molecule has 0 bridgehead atoms. The lowest BCUT2D eigenvalue weighted by molar-refractivity contribution is -0.166. The highest BCUT2D eigenvalue weighted by Gasteiger charge is 2.45. The van der Waals surface area contributed by atoms with Crippen LogP contribution in [0.15, 0.2) is 59.8 Å². The molecular weight excluding hydrogens is 302 g/mol. The number of nitrogens with zero attached hydrogens (tertiary/aromatic N) is 1. The fourth-order valence-corrected chi connectivity index (χ4v) is 2.88. The Labute approximate surface area is 142 Å². The molecule has 1 heterocycles. The first kappa shape index (κ1) is 16.2. The first-order valence-electron chi connectivity index (χ1n) is 8.04. The van der Waals surface area contributed by atoms with Gasteiger partial charge in [-0.1, -0.05) is 48.0 Å². The molecule has 4 heteroatoms. The van der Waals surface area contributed by atoms with Crippen LogP contribution in [-0.4, -0.2) is 17.5 Å². The lowest BCUT2D eigenvalue weighted by Gasteiger charge is -2.30. The van der Waals surface area contributed by atoms with E-state index in [4.69, 9.17) is 9.57 Å². The zero-order valence-corrected chi connectivity index (χ0v) is 14.2. The summed E-state index contributed by atoms with van der Waals surface area (Å²) in [7, 11) is 0. The summed E-state index contributed by atoms with van der Waals surface area (Å²) >= 11 is 0. The number of Topliss-reactive ketones (excluding diaryl/α,β-unsaturated/α-hetero) is 1. The van der Waals surface area contributed by atoms with Crippen molar-refractivity contribution >= 4 is 11.7 Å². The Bertz CT molecular complexity index is 752. The fraction of sp³-hybridized carbons (Fsp3) is 0.300. The molecule has 0 aliphatic carbocycles. The number of carbonyl (C=O) groups is 1. The largest absolute Gasteiger partial charge is 0.430 e. The zero-order chi connectivity index (χ0) is 17.2. The molecule has 0 radical (unpaired) electrons. The van der Waals surface area contributed by atoms with E-state index in [1.54, 1.807) is 6.92 Å². The molecule has 1 aliphatic heterocycles. The van der Waals surface area contributed by atoms with E-state index in [9.17, 15) is 4.79 Å². The maximum Gasteiger partial charge on any atom is 0.281 e. The van der Waals surface area contributed by atoms with E-state index in [1.807, 2.05) is 68.4 Å². The van der Waals surface area contributed by atoms with Gasteiger partial charge < -0.3 is 14.4 Å². The van der Waals surface area contributed by atoms with Gasteiger partial charge in [0.25, 0.3) is 11.7 Å². The monoisotopic (exact) mass is 323 g/mol. The van der Waals surface area contributed by atoms with Crippen molar-refractivity contribution in [1.82, 2.24) is 0 Å². The first-order chi connectivity index (χ1) is 11.5. The summed E-state index contributed by atoms with van der Waals surface area (Å²) in [5.74, 6) is -0.715. The summed E-state index contributed by atoms with van der Waals surface area (Å²) in [6.07, 6.45) is 0.331. The molecule has 0 N–H and O–H groups in total. The van der Waals surface area contributed by atoms with E-state index in [2.05, 4.69) is 5.16 Å². The Morgan fingerprint density at radius 2 is 1.79 bits per heavy atom. The number of ketones is 1. The molecule has 0 fully saturated rings. The third-order valence-electron chi connectivity index (χ3n) is 4.23. The summed E-state index contributed by atoms with van der Waals surface area (Å²) in [6.45, 7) is 5.45. The van der Waals surface area contributed by atoms with Crippen molar-refractivity contribution in [3.05, 3.63) is 71.3 Å². The molecule has 2 aromatic carbocycles. The van der Waals surface area contributed by atoms with Gasteiger partial charge in [-0.05, 0) is 36.7 Å². The fourth-order valence-electron chi connectivity index (χ4n) is 2.88. The van der Waals surface area contributed by atoms with Crippen LogP contribution in [0.25, 0.3) is 0 Å². The normalized spacial score (nSPS) is 20.7. The average Bonchev–Trinajstić information content (AvgIpc) is 2.98. The molecule has 3 rings (SSSR count). The standard InChI is InChI=1S/C20H21NO3/c1-14-9-11-16(12-10-14)18(13-15(2)22)20(3)23-19(21-24-20)17-7-5-4-6-8-17/h4-12,18H,13H2,1-3H3. The van der Waals surface area contributed by atoms with Gasteiger partial charge in [0.2, 0.25) is 0 Å². The van der Waals surface area contributed by atoms with Crippen molar-refractivity contribution in [2.24, 2.45) is 5.16 Å². The molecule has 0 saturated carbocycles. The predicted octanol–water partition coefficient (Wildman–Crippen LogP) is 4.18. The Morgan fingerprint density at radius 3 is 2.42 bits per heavy atom. The Kier molecular flexibility index (Phi) is 4.38. The van der Waals surface area contributed by atoms with Gasteiger partial charge in [-0.15, -0.1) is 0 Å². The van der Waals surface area contributed by atoms with Crippen LogP contribution in [0.4, 0.5) is 0 Å². The molecule has 124 valence electrons. The average molecular weight is 323 g/mol.